The van der Waals surface area contributed by atoms with Crippen LogP contribution in [0.2, 0.25) is 0 Å². The van der Waals surface area contributed by atoms with Crippen molar-refractivity contribution in [3.05, 3.63) is 0 Å². The second-order valence-electron chi connectivity index (χ2n) is 3.44. The monoisotopic (exact) mass is 198 g/mol. The van der Waals surface area contributed by atoms with Crippen molar-refractivity contribution in [2.75, 3.05) is 0 Å². The maximum absolute atomic E-state index is 10.4. The Morgan fingerprint density at radius 1 is 1.23 bits per heavy atom. The molecule has 1 atom stereocenters. The fourth-order valence-corrected chi connectivity index (χ4v) is 1.18. The zero-order valence-electron chi connectivity index (χ0n) is 8.18. The molecule has 0 rings (SSSR count). The van der Waals surface area contributed by atoms with E-state index in [2.05, 4.69) is 6.92 Å². The van der Waals surface area contributed by atoms with Crippen molar-refractivity contribution in [1.82, 2.24) is 0 Å². The van der Waals surface area contributed by atoms with E-state index in [1.807, 2.05) is 0 Å². The molecule has 0 saturated carbocycles. The predicted molar refractivity (Wildman–Crippen MR) is 58.7 cm³/mol. The number of carboxylic acids is 1. The molecule has 0 heterocycles. The lowest BCUT2D eigenvalue weighted by molar-refractivity contribution is -0.141. The highest BCUT2D eigenvalue weighted by Gasteiger charge is 2.08. The summed E-state index contributed by atoms with van der Waals surface area (Å²) in [7, 11) is 0. The minimum absolute atomic E-state index is 0. The van der Waals surface area contributed by atoms with Gasteiger partial charge in [-0.1, -0.05) is 46.0 Å². The van der Waals surface area contributed by atoms with Crippen LogP contribution in [0.1, 0.15) is 52.4 Å². The fraction of sp³-hybridized carbons (Fsp3) is 0.900. The van der Waals surface area contributed by atoms with Crippen LogP contribution in [-0.2, 0) is 4.79 Å². The number of carboxylic acid groups (broad SMARTS) is 1. The van der Waals surface area contributed by atoms with E-state index in [9.17, 15) is 4.79 Å². The highest BCUT2D eigenvalue weighted by molar-refractivity contribution is 5.75. The van der Waals surface area contributed by atoms with Crippen molar-refractivity contribution in [3.63, 3.8) is 0 Å². The maximum Gasteiger partial charge on any atom is 0.316 e. The molecule has 3 heteroatoms. The lowest BCUT2D eigenvalue weighted by Gasteiger charge is -2.04. The molecular formula is C10H22MgO2. The third-order valence-corrected chi connectivity index (χ3v) is 2.16. The summed E-state index contributed by atoms with van der Waals surface area (Å²) >= 11 is 0. The summed E-state index contributed by atoms with van der Waals surface area (Å²) in [6, 6.07) is 0. The zero-order chi connectivity index (χ0) is 9.40. The SMILES string of the molecule is CCCCCCCC(C)C(=O)O.[MgH2]. The summed E-state index contributed by atoms with van der Waals surface area (Å²) in [5, 5.41) is 8.58. The van der Waals surface area contributed by atoms with Gasteiger partial charge in [0.1, 0.15) is 0 Å². The first-order chi connectivity index (χ1) is 5.68. The van der Waals surface area contributed by atoms with Gasteiger partial charge in [0.15, 0.2) is 0 Å². The van der Waals surface area contributed by atoms with E-state index >= 15 is 0 Å². The van der Waals surface area contributed by atoms with Gasteiger partial charge in [0, 0.05) is 0 Å². The van der Waals surface area contributed by atoms with Crippen molar-refractivity contribution < 1.29 is 9.90 Å². The normalized spacial score (nSPS) is 11.8. The highest BCUT2D eigenvalue weighted by atomic mass is 24.3. The average Bonchev–Trinajstić information content (AvgIpc) is 2.03. The number of hydrogen-bond donors (Lipinski definition) is 1. The number of unbranched alkanes of at least 4 members (excludes halogenated alkanes) is 4. The van der Waals surface area contributed by atoms with Gasteiger partial charge in [0.25, 0.3) is 0 Å². The molecule has 0 aliphatic heterocycles. The van der Waals surface area contributed by atoms with E-state index in [-0.39, 0.29) is 29.0 Å². The highest BCUT2D eigenvalue weighted by Crippen LogP contribution is 2.10. The molecule has 0 aliphatic rings. The quantitative estimate of drug-likeness (QED) is 0.503. The molecule has 0 fully saturated rings. The summed E-state index contributed by atoms with van der Waals surface area (Å²) in [4.78, 5) is 10.4. The van der Waals surface area contributed by atoms with Crippen LogP contribution in [0.3, 0.4) is 0 Å². The standard InChI is InChI=1S/C10H20O2.Mg.2H/c1-3-4-5-6-7-8-9(2)10(11)12;;;/h9H,3-8H2,1-2H3,(H,11,12);;;. The molecule has 1 N–H and O–H groups in total. The smallest absolute Gasteiger partial charge is 0.316 e. The number of hydrogen-bond acceptors (Lipinski definition) is 1. The Hall–Kier alpha value is 0.236. The zero-order valence-corrected chi connectivity index (χ0v) is 8.18. The molecule has 0 saturated heterocycles. The van der Waals surface area contributed by atoms with Gasteiger partial charge < -0.3 is 5.11 Å². The topological polar surface area (TPSA) is 37.3 Å². The van der Waals surface area contributed by atoms with Crippen molar-refractivity contribution in [2.24, 2.45) is 5.92 Å². The first-order valence-electron chi connectivity index (χ1n) is 4.91. The fourth-order valence-electron chi connectivity index (χ4n) is 1.18. The lowest BCUT2D eigenvalue weighted by Crippen LogP contribution is -2.08. The van der Waals surface area contributed by atoms with Crippen LogP contribution in [0.25, 0.3) is 0 Å². The Morgan fingerprint density at radius 3 is 2.23 bits per heavy atom. The maximum atomic E-state index is 10.4. The number of carbonyl (C=O) groups is 1. The Labute approximate surface area is 97.2 Å². The Morgan fingerprint density at radius 2 is 1.77 bits per heavy atom. The summed E-state index contributed by atoms with van der Waals surface area (Å²) in [5.74, 6) is -0.822. The molecule has 0 aromatic rings. The molecular weight excluding hydrogens is 176 g/mol. The predicted octanol–water partition coefficient (Wildman–Crippen LogP) is 2.15. The molecule has 2 nitrogen and oxygen atoms in total. The summed E-state index contributed by atoms with van der Waals surface area (Å²) in [6.07, 6.45) is 6.86. The third kappa shape index (κ3) is 10.2. The van der Waals surface area contributed by atoms with E-state index in [0.29, 0.717) is 0 Å². The van der Waals surface area contributed by atoms with Gasteiger partial charge in [-0.3, -0.25) is 4.79 Å². The molecule has 1 unspecified atom stereocenters. The van der Waals surface area contributed by atoms with Gasteiger partial charge in [-0.2, -0.15) is 0 Å². The average molecular weight is 199 g/mol. The van der Waals surface area contributed by atoms with Gasteiger partial charge in [0.2, 0.25) is 0 Å². The van der Waals surface area contributed by atoms with E-state index < -0.39 is 5.97 Å². The van der Waals surface area contributed by atoms with Gasteiger partial charge in [0.05, 0.1) is 5.92 Å². The van der Waals surface area contributed by atoms with E-state index in [1.165, 1.54) is 25.7 Å². The Balaban J connectivity index is 0. The molecule has 0 aliphatic carbocycles. The van der Waals surface area contributed by atoms with Gasteiger partial charge in [-0.05, 0) is 6.42 Å². The van der Waals surface area contributed by atoms with Crippen LogP contribution < -0.4 is 0 Å². The Kier molecular flexibility index (Phi) is 12.5. The summed E-state index contributed by atoms with van der Waals surface area (Å²) < 4.78 is 0. The third-order valence-electron chi connectivity index (χ3n) is 2.16. The molecule has 0 radical (unpaired) electrons. The van der Waals surface area contributed by atoms with E-state index in [4.69, 9.17) is 5.11 Å². The number of aliphatic carboxylic acids is 1. The van der Waals surface area contributed by atoms with Gasteiger partial charge in [-0.25, -0.2) is 0 Å². The van der Waals surface area contributed by atoms with Crippen LogP contribution >= 0.6 is 0 Å². The van der Waals surface area contributed by atoms with Crippen LogP contribution in [0, 0.1) is 5.92 Å². The van der Waals surface area contributed by atoms with E-state index in [1.54, 1.807) is 6.92 Å². The van der Waals surface area contributed by atoms with Crippen LogP contribution in [0.5, 0.6) is 0 Å². The van der Waals surface area contributed by atoms with Gasteiger partial charge in [-0.15, -0.1) is 0 Å². The van der Waals surface area contributed by atoms with Crippen LogP contribution in [0.15, 0.2) is 0 Å². The minimum atomic E-state index is -0.662. The first-order valence-corrected chi connectivity index (χ1v) is 4.91. The summed E-state index contributed by atoms with van der Waals surface area (Å²) in [6.45, 7) is 3.96. The second kappa shape index (κ2) is 10.3. The van der Waals surface area contributed by atoms with Crippen molar-refractivity contribution >= 4 is 29.0 Å². The van der Waals surface area contributed by atoms with Crippen LogP contribution in [-0.4, -0.2) is 34.1 Å². The Bertz CT molecular complexity index is 126. The number of rotatable bonds is 7. The van der Waals surface area contributed by atoms with E-state index in [0.717, 1.165) is 12.8 Å². The first kappa shape index (κ1) is 15.7. The molecule has 76 valence electrons. The molecule has 13 heavy (non-hydrogen) atoms. The summed E-state index contributed by atoms with van der Waals surface area (Å²) in [5.41, 5.74) is 0. The lowest BCUT2D eigenvalue weighted by atomic mass is 10.0. The molecule has 0 aromatic carbocycles. The minimum Gasteiger partial charge on any atom is -0.481 e. The molecule has 0 aromatic heterocycles. The van der Waals surface area contributed by atoms with Crippen molar-refractivity contribution in [2.45, 2.75) is 52.4 Å². The molecule has 0 amide bonds. The van der Waals surface area contributed by atoms with Crippen molar-refractivity contribution in [1.29, 1.82) is 0 Å². The van der Waals surface area contributed by atoms with Crippen molar-refractivity contribution in [3.8, 4) is 0 Å². The van der Waals surface area contributed by atoms with Gasteiger partial charge >= 0.3 is 29.0 Å². The van der Waals surface area contributed by atoms with Crippen LogP contribution in [0.4, 0.5) is 0 Å². The molecule has 0 bridgehead atoms. The largest absolute Gasteiger partial charge is 0.481 e. The second-order valence-corrected chi connectivity index (χ2v) is 3.44. The molecule has 0 spiro atoms.